The summed E-state index contributed by atoms with van der Waals surface area (Å²) in [6, 6.07) is 0. The normalized spacial score (nSPS) is 26.3. The van der Waals surface area contributed by atoms with Gasteiger partial charge >= 0.3 is 0 Å². The number of aromatic nitrogens is 2. The molecule has 0 aromatic carbocycles. The lowest BCUT2D eigenvalue weighted by molar-refractivity contribution is 0.149. The summed E-state index contributed by atoms with van der Waals surface area (Å²) in [6.45, 7) is 7.22. The Kier molecular flexibility index (Phi) is 4.81. The van der Waals surface area contributed by atoms with Gasteiger partial charge in [0.15, 0.2) is 0 Å². The second kappa shape index (κ2) is 6.39. The fraction of sp³-hybridized carbons (Fsp3) is 0.733. The van der Waals surface area contributed by atoms with E-state index in [1.54, 1.807) is 0 Å². The average Bonchev–Trinajstić information content (AvgIpc) is 2.43. The van der Waals surface area contributed by atoms with Crippen LogP contribution in [0.15, 0.2) is 6.20 Å². The highest BCUT2D eigenvalue weighted by Crippen LogP contribution is 2.35. The van der Waals surface area contributed by atoms with Crippen LogP contribution < -0.4 is 10.6 Å². The Morgan fingerprint density at radius 3 is 2.95 bits per heavy atom. The van der Waals surface area contributed by atoms with Gasteiger partial charge < -0.3 is 15.7 Å². The van der Waals surface area contributed by atoms with E-state index >= 15 is 0 Å². The molecule has 1 saturated carbocycles. The van der Waals surface area contributed by atoms with Crippen LogP contribution in [-0.4, -0.2) is 33.8 Å². The summed E-state index contributed by atoms with van der Waals surface area (Å²) in [5.41, 5.74) is 0.776. The van der Waals surface area contributed by atoms with Crippen molar-refractivity contribution in [2.75, 3.05) is 23.8 Å². The molecule has 1 aromatic heterocycles. The lowest BCUT2D eigenvalue weighted by atomic mass is 9.77. The molecule has 2 atom stereocenters. The fourth-order valence-electron chi connectivity index (χ4n) is 3.02. The van der Waals surface area contributed by atoms with Crippen LogP contribution in [0.2, 0.25) is 0 Å². The number of hydrogen-bond acceptors (Lipinski definition) is 5. The predicted molar refractivity (Wildman–Crippen MR) is 82.0 cm³/mol. The van der Waals surface area contributed by atoms with E-state index in [0.29, 0.717) is 11.9 Å². The summed E-state index contributed by atoms with van der Waals surface area (Å²) in [5, 5.41) is 16.5. The Bertz CT molecular complexity index is 451. The first-order valence-electron chi connectivity index (χ1n) is 7.55. The van der Waals surface area contributed by atoms with Gasteiger partial charge in [0, 0.05) is 18.3 Å². The third kappa shape index (κ3) is 3.39. The number of hydrogen-bond donors (Lipinski definition) is 3. The molecule has 5 nitrogen and oxygen atoms in total. The summed E-state index contributed by atoms with van der Waals surface area (Å²) in [5.74, 6) is 2.11. The van der Waals surface area contributed by atoms with Gasteiger partial charge in [0.1, 0.15) is 5.82 Å². The highest BCUT2D eigenvalue weighted by Gasteiger charge is 2.35. The van der Waals surface area contributed by atoms with Gasteiger partial charge in [-0.1, -0.05) is 19.8 Å². The molecule has 0 spiro atoms. The van der Waals surface area contributed by atoms with E-state index in [9.17, 15) is 5.11 Å². The van der Waals surface area contributed by atoms with Gasteiger partial charge in [0.25, 0.3) is 0 Å². The quantitative estimate of drug-likeness (QED) is 0.772. The number of aryl methyl sites for hydroxylation is 1. The van der Waals surface area contributed by atoms with E-state index in [4.69, 9.17) is 0 Å². The number of nitrogens with one attached hydrogen (secondary N) is 2. The molecule has 0 bridgehead atoms. The van der Waals surface area contributed by atoms with E-state index in [0.717, 1.165) is 37.2 Å². The lowest BCUT2D eigenvalue weighted by Crippen LogP contribution is -2.46. The van der Waals surface area contributed by atoms with Crippen molar-refractivity contribution < 1.29 is 5.11 Å². The minimum atomic E-state index is -0.236. The van der Waals surface area contributed by atoms with Gasteiger partial charge in [-0.3, -0.25) is 0 Å². The van der Waals surface area contributed by atoms with Gasteiger partial charge in [-0.05, 0) is 32.6 Å². The first-order valence-corrected chi connectivity index (χ1v) is 7.55. The van der Waals surface area contributed by atoms with Gasteiger partial charge in [0.2, 0.25) is 5.95 Å². The van der Waals surface area contributed by atoms with Crippen LogP contribution in [0.1, 0.15) is 45.1 Å². The Labute approximate surface area is 121 Å². The van der Waals surface area contributed by atoms with Crippen molar-refractivity contribution in [3.05, 3.63) is 11.8 Å². The fourth-order valence-corrected chi connectivity index (χ4v) is 3.02. The van der Waals surface area contributed by atoms with E-state index in [2.05, 4.69) is 27.5 Å². The summed E-state index contributed by atoms with van der Waals surface area (Å²) in [6.07, 6.45) is 6.20. The van der Waals surface area contributed by atoms with E-state index in [1.807, 2.05) is 20.0 Å². The number of rotatable bonds is 5. The zero-order chi connectivity index (χ0) is 14.6. The molecule has 20 heavy (non-hydrogen) atoms. The number of aliphatic hydroxyl groups excluding tert-OH is 1. The molecule has 112 valence electrons. The second-order valence-corrected chi connectivity index (χ2v) is 6.02. The van der Waals surface area contributed by atoms with Crippen molar-refractivity contribution in [1.82, 2.24) is 9.97 Å². The molecular formula is C15H26N4O. The van der Waals surface area contributed by atoms with Crippen LogP contribution in [0.25, 0.3) is 0 Å². The van der Waals surface area contributed by atoms with Crippen molar-refractivity contribution in [3.63, 3.8) is 0 Å². The summed E-state index contributed by atoms with van der Waals surface area (Å²) in [4.78, 5) is 8.79. The predicted octanol–water partition coefficient (Wildman–Crippen LogP) is 2.57. The molecule has 0 amide bonds. The number of aliphatic hydroxyl groups is 1. The molecule has 2 rings (SSSR count). The highest BCUT2D eigenvalue weighted by atomic mass is 16.3. The molecule has 1 fully saturated rings. The Balaban J connectivity index is 2.20. The van der Waals surface area contributed by atoms with Crippen molar-refractivity contribution in [1.29, 1.82) is 0 Å². The van der Waals surface area contributed by atoms with Gasteiger partial charge in [-0.2, -0.15) is 4.98 Å². The molecule has 0 saturated heterocycles. The Morgan fingerprint density at radius 2 is 2.30 bits per heavy atom. The molecule has 3 N–H and O–H groups in total. The number of anilines is 2. The largest absolute Gasteiger partial charge is 0.394 e. The molecule has 0 radical (unpaired) electrons. The maximum atomic E-state index is 9.86. The molecule has 2 unspecified atom stereocenters. The first kappa shape index (κ1) is 15.0. The van der Waals surface area contributed by atoms with Crippen LogP contribution in [0.5, 0.6) is 0 Å². The Hall–Kier alpha value is -1.36. The van der Waals surface area contributed by atoms with Gasteiger partial charge in [0.05, 0.1) is 12.1 Å². The second-order valence-electron chi connectivity index (χ2n) is 6.02. The maximum absolute atomic E-state index is 9.86. The first-order chi connectivity index (χ1) is 9.58. The van der Waals surface area contributed by atoms with Crippen molar-refractivity contribution >= 4 is 11.8 Å². The number of nitrogens with zero attached hydrogens (tertiary/aromatic N) is 2. The minimum Gasteiger partial charge on any atom is -0.394 e. The van der Waals surface area contributed by atoms with Crippen LogP contribution >= 0.6 is 0 Å². The maximum Gasteiger partial charge on any atom is 0.224 e. The van der Waals surface area contributed by atoms with E-state index < -0.39 is 0 Å². The van der Waals surface area contributed by atoms with E-state index in [-0.39, 0.29) is 12.1 Å². The van der Waals surface area contributed by atoms with Crippen molar-refractivity contribution in [2.45, 2.75) is 52.0 Å². The summed E-state index contributed by atoms with van der Waals surface area (Å²) in [7, 11) is 0. The van der Waals surface area contributed by atoms with E-state index in [1.165, 1.54) is 6.42 Å². The van der Waals surface area contributed by atoms with Crippen molar-refractivity contribution in [2.24, 2.45) is 5.92 Å². The zero-order valence-corrected chi connectivity index (χ0v) is 12.7. The monoisotopic (exact) mass is 278 g/mol. The smallest absolute Gasteiger partial charge is 0.224 e. The zero-order valence-electron chi connectivity index (χ0n) is 12.7. The molecular weight excluding hydrogens is 252 g/mol. The van der Waals surface area contributed by atoms with Crippen LogP contribution in [0.3, 0.4) is 0 Å². The topological polar surface area (TPSA) is 70.1 Å². The van der Waals surface area contributed by atoms with Crippen LogP contribution in [0, 0.1) is 12.8 Å². The third-order valence-electron chi connectivity index (χ3n) is 4.08. The van der Waals surface area contributed by atoms with Gasteiger partial charge in [-0.15, -0.1) is 0 Å². The molecule has 5 heteroatoms. The van der Waals surface area contributed by atoms with Crippen molar-refractivity contribution in [3.8, 4) is 0 Å². The molecule has 1 heterocycles. The Morgan fingerprint density at radius 1 is 1.50 bits per heavy atom. The lowest BCUT2D eigenvalue weighted by Gasteiger charge is -2.40. The molecule has 1 aromatic rings. The average molecular weight is 278 g/mol. The standard InChI is InChI=1S/C15H26N4O/c1-4-16-14-17-9-12(3)13(18-14)19-15(10-20)7-5-6-11(2)8-15/h9,11,20H,4-8,10H2,1-3H3,(H2,16,17,18,19). The summed E-state index contributed by atoms with van der Waals surface area (Å²) >= 11 is 0. The summed E-state index contributed by atoms with van der Waals surface area (Å²) < 4.78 is 0. The highest BCUT2D eigenvalue weighted by molar-refractivity contribution is 5.48. The molecule has 1 aliphatic rings. The SMILES string of the molecule is CCNc1ncc(C)c(NC2(CO)CCCC(C)C2)n1. The minimum absolute atomic E-state index is 0.150. The van der Waals surface area contributed by atoms with Gasteiger partial charge in [-0.25, -0.2) is 4.98 Å². The van der Waals surface area contributed by atoms with Crippen LogP contribution in [0.4, 0.5) is 11.8 Å². The molecule has 1 aliphatic carbocycles. The molecule has 0 aliphatic heterocycles. The van der Waals surface area contributed by atoms with Crippen LogP contribution in [-0.2, 0) is 0 Å². The third-order valence-corrected chi connectivity index (χ3v) is 4.08.